The van der Waals surface area contributed by atoms with E-state index in [-0.39, 0.29) is 6.61 Å². The molecule has 0 aromatic carbocycles. The highest BCUT2D eigenvalue weighted by Gasteiger charge is 2.03. The quantitative estimate of drug-likeness (QED) is 0.564. The van der Waals surface area contributed by atoms with Crippen molar-refractivity contribution in [2.75, 3.05) is 0 Å². The van der Waals surface area contributed by atoms with Crippen LogP contribution in [0.4, 0.5) is 0 Å². The van der Waals surface area contributed by atoms with Crippen molar-refractivity contribution >= 4 is 12.2 Å². The van der Waals surface area contributed by atoms with Gasteiger partial charge in [-0.25, -0.2) is 0 Å². The van der Waals surface area contributed by atoms with Crippen LogP contribution in [0.3, 0.4) is 0 Å². The minimum atomic E-state index is -0.0546. The summed E-state index contributed by atoms with van der Waals surface area (Å²) in [7, 11) is 0. The van der Waals surface area contributed by atoms with Crippen LogP contribution in [0.1, 0.15) is 38.4 Å². The van der Waals surface area contributed by atoms with Crippen molar-refractivity contribution < 1.29 is 5.11 Å². The molecule has 0 saturated carbocycles. The van der Waals surface area contributed by atoms with Gasteiger partial charge < -0.3 is 9.67 Å². The van der Waals surface area contributed by atoms with Gasteiger partial charge in [0.2, 0.25) is 0 Å². The first-order chi connectivity index (χ1) is 6.79. The molecule has 0 spiro atoms. The molecule has 0 atom stereocenters. The van der Waals surface area contributed by atoms with Crippen LogP contribution in [0.15, 0.2) is 0 Å². The number of hydrogen-bond acceptors (Lipinski definition) is 3. The molecule has 0 aliphatic rings. The Morgan fingerprint density at radius 1 is 1.43 bits per heavy atom. The lowest BCUT2D eigenvalue weighted by Crippen LogP contribution is -2.04. The molecule has 0 amide bonds. The number of nitrogens with one attached hydrogen (secondary N) is 1. The van der Waals surface area contributed by atoms with Crippen molar-refractivity contribution in [1.29, 1.82) is 0 Å². The average Bonchev–Trinajstić information content (AvgIpc) is 2.55. The van der Waals surface area contributed by atoms with Crippen molar-refractivity contribution in [3.63, 3.8) is 0 Å². The largest absolute Gasteiger partial charge is 0.388 e. The van der Waals surface area contributed by atoms with Gasteiger partial charge in [-0.2, -0.15) is 5.10 Å². The first kappa shape index (κ1) is 11.4. The Bertz CT molecular complexity index is 318. The number of nitrogens with zero attached hydrogens (tertiary/aromatic N) is 2. The second kappa shape index (κ2) is 5.93. The molecular formula is C9H17N3OS. The molecule has 1 rings (SSSR count). The van der Waals surface area contributed by atoms with Crippen LogP contribution in [-0.4, -0.2) is 19.9 Å². The lowest BCUT2D eigenvalue weighted by atomic mass is 10.2. The Balaban J connectivity index is 2.48. The monoisotopic (exact) mass is 215 g/mol. The highest BCUT2D eigenvalue weighted by molar-refractivity contribution is 7.71. The molecule has 14 heavy (non-hydrogen) atoms. The Morgan fingerprint density at radius 2 is 2.21 bits per heavy atom. The van der Waals surface area contributed by atoms with Crippen LogP contribution < -0.4 is 0 Å². The maximum atomic E-state index is 8.98. The van der Waals surface area contributed by atoms with Gasteiger partial charge in [0.05, 0.1) is 0 Å². The normalized spacial score (nSPS) is 10.7. The molecule has 4 nitrogen and oxygen atoms in total. The van der Waals surface area contributed by atoms with Crippen LogP contribution in [0.5, 0.6) is 0 Å². The second-order valence-electron chi connectivity index (χ2n) is 3.32. The highest BCUT2D eigenvalue weighted by Crippen LogP contribution is 2.04. The van der Waals surface area contributed by atoms with E-state index in [0.29, 0.717) is 10.6 Å². The summed E-state index contributed by atoms with van der Waals surface area (Å²) < 4.78 is 2.47. The van der Waals surface area contributed by atoms with E-state index in [9.17, 15) is 0 Å². The standard InChI is InChI=1S/C9H17N3OS/c1-2-3-4-5-6-12-8(7-13)10-11-9(12)14/h13H,2-7H2,1H3,(H,11,14). The second-order valence-corrected chi connectivity index (χ2v) is 3.70. The van der Waals surface area contributed by atoms with Crippen molar-refractivity contribution in [2.24, 2.45) is 0 Å². The van der Waals surface area contributed by atoms with Crippen LogP contribution in [-0.2, 0) is 13.2 Å². The Kier molecular flexibility index (Phi) is 4.82. The van der Waals surface area contributed by atoms with E-state index < -0.39 is 0 Å². The number of aliphatic hydroxyl groups excluding tert-OH is 1. The molecular weight excluding hydrogens is 198 g/mol. The van der Waals surface area contributed by atoms with E-state index >= 15 is 0 Å². The number of unbranched alkanes of at least 4 members (excludes halogenated alkanes) is 3. The predicted molar refractivity (Wildman–Crippen MR) is 57.5 cm³/mol. The molecule has 5 heteroatoms. The molecule has 1 heterocycles. The Hall–Kier alpha value is -0.680. The molecule has 0 fully saturated rings. The number of H-pyrrole nitrogens is 1. The minimum absolute atomic E-state index is 0.0546. The number of aromatic nitrogens is 3. The zero-order valence-corrected chi connectivity index (χ0v) is 9.31. The highest BCUT2D eigenvalue weighted by atomic mass is 32.1. The molecule has 0 aliphatic heterocycles. The van der Waals surface area contributed by atoms with Gasteiger partial charge in [0.1, 0.15) is 6.61 Å². The fraction of sp³-hybridized carbons (Fsp3) is 0.778. The molecule has 80 valence electrons. The van der Waals surface area contributed by atoms with Crippen molar-refractivity contribution in [3.05, 3.63) is 10.6 Å². The zero-order chi connectivity index (χ0) is 10.4. The number of hydrogen-bond donors (Lipinski definition) is 2. The summed E-state index contributed by atoms with van der Waals surface area (Å²) in [5, 5.41) is 15.6. The topological polar surface area (TPSA) is 53.8 Å². The summed E-state index contributed by atoms with van der Waals surface area (Å²) in [6.45, 7) is 2.98. The van der Waals surface area contributed by atoms with Gasteiger partial charge in [0.25, 0.3) is 0 Å². The smallest absolute Gasteiger partial charge is 0.195 e. The van der Waals surface area contributed by atoms with Gasteiger partial charge in [0, 0.05) is 6.54 Å². The van der Waals surface area contributed by atoms with Crippen LogP contribution in [0.2, 0.25) is 0 Å². The maximum absolute atomic E-state index is 8.98. The number of aliphatic hydroxyl groups is 1. The van der Waals surface area contributed by atoms with E-state index in [2.05, 4.69) is 17.1 Å². The average molecular weight is 215 g/mol. The van der Waals surface area contributed by atoms with Gasteiger partial charge in [-0.3, -0.25) is 5.10 Å². The molecule has 2 N–H and O–H groups in total. The van der Waals surface area contributed by atoms with Crippen molar-refractivity contribution in [2.45, 2.75) is 45.8 Å². The summed E-state index contributed by atoms with van der Waals surface area (Å²) in [6.07, 6.45) is 4.77. The molecule has 0 unspecified atom stereocenters. The Morgan fingerprint density at radius 3 is 2.86 bits per heavy atom. The lowest BCUT2D eigenvalue weighted by molar-refractivity contribution is 0.264. The lowest BCUT2D eigenvalue weighted by Gasteiger charge is -2.03. The fourth-order valence-corrected chi connectivity index (χ4v) is 1.64. The van der Waals surface area contributed by atoms with E-state index in [0.717, 1.165) is 13.0 Å². The van der Waals surface area contributed by atoms with E-state index in [1.807, 2.05) is 4.57 Å². The van der Waals surface area contributed by atoms with Gasteiger partial charge in [-0.1, -0.05) is 26.2 Å². The van der Waals surface area contributed by atoms with Gasteiger partial charge >= 0.3 is 0 Å². The first-order valence-electron chi connectivity index (χ1n) is 5.04. The SMILES string of the molecule is CCCCCCn1c(CO)n[nH]c1=S. The van der Waals surface area contributed by atoms with Crippen LogP contribution >= 0.6 is 12.2 Å². The first-order valence-corrected chi connectivity index (χ1v) is 5.45. The molecule has 0 aliphatic carbocycles. The number of aromatic amines is 1. The summed E-state index contributed by atoms with van der Waals surface area (Å²) in [5.74, 6) is 0.631. The Labute approximate surface area is 89.0 Å². The fourth-order valence-electron chi connectivity index (χ4n) is 1.40. The summed E-state index contributed by atoms with van der Waals surface area (Å²) in [4.78, 5) is 0. The third-order valence-corrected chi connectivity index (χ3v) is 2.53. The molecule has 1 aromatic heterocycles. The van der Waals surface area contributed by atoms with Crippen molar-refractivity contribution in [1.82, 2.24) is 14.8 Å². The minimum Gasteiger partial charge on any atom is -0.388 e. The van der Waals surface area contributed by atoms with Crippen LogP contribution in [0.25, 0.3) is 0 Å². The van der Waals surface area contributed by atoms with Crippen LogP contribution in [0, 0.1) is 4.77 Å². The van der Waals surface area contributed by atoms with Crippen molar-refractivity contribution in [3.8, 4) is 0 Å². The molecule has 0 saturated heterocycles. The summed E-state index contributed by atoms with van der Waals surface area (Å²) in [5.41, 5.74) is 0. The molecule has 0 radical (unpaired) electrons. The van der Waals surface area contributed by atoms with E-state index in [4.69, 9.17) is 17.3 Å². The predicted octanol–water partition coefficient (Wildman–Crippen LogP) is 2.01. The summed E-state index contributed by atoms with van der Waals surface area (Å²) >= 11 is 5.05. The van der Waals surface area contributed by atoms with E-state index in [1.54, 1.807) is 0 Å². The maximum Gasteiger partial charge on any atom is 0.195 e. The van der Waals surface area contributed by atoms with Gasteiger partial charge in [-0.15, -0.1) is 0 Å². The van der Waals surface area contributed by atoms with Gasteiger partial charge in [-0.05, 0) is 18.6 Å². The molecule has 1 aromatic rings. The number of rotatable bonds is 6. The van der Waals surface area contributed by atoms with Gasteiger partial charge in [0.15, 0.2) is 10.6 Å². The third-order valence-electron chi connectivity index (χ3n) is 2.21. The zero-order valence-electron chi connectivity index (χ0n) is 8.49. The summed E-state index contributed by atoms with van der Waals surface area (Å²) in [6, 6.07) is 0. The third kappa shape index (κ3) is 2.92. The van der Waals surface area contributed by atoms with E-state index in [1.165, 1.54) is 19.3 Å². The molecule has 0 bridgehead atoms.